The zero-order valence-corrected chi connectivity index (χ0v) is 11.5. The summed E-state index contributed by atoms with van der Waals surface area (Å²) in [5, 5.41) is 3.26. The summed E-state index contributed by atoms with van der Waals surface area (Å²) in [7, 11) is 3.53. The molecule has 0 spiro atoms. The summed E-state index contributed by atoms with van der Waals surface area (Å²) in [4.78, 5) is 28.4. The minimum atomic E-state index is -0.363. The van der Waals surface area contributed by atoms with Crippen molar-refractivity contribution in [3.8, 4) is 0 Å². The number of anilines is 1. The van der Waals surface area contributed by atoms with Gasteiger partial charge in [0, 0.05) is 30.3 Å². The van der Waals surface area contributed by atoms with Gasteiger partial charge in [0.05, 0.1) is 16.3 Å². The first-order chi connectivity index (χ1) is 10.0. The molecule has 2 aromatic carbocycles. The fraction of sp³-hybridized carbons (Fsp3) is 0.133. The van der Waals surface area contributed by atoms with Gasteiger partial charge in [0.1, 0.15) is 5.82 Å². The average Bonchev–Trinajstić information content (AvgIpc) is 2.48. The SMILES string of the molecule is Cn1c(=O)c2ccc3c(N)nc(=O)c4ccc(c2c34)n1C. The third-order valence-electron chi connectivity index (χ3n) is 4.19. The summed E-state index contributed by atoms with van der Waals surface area (Å²) in [6.07, 6.45) is 0. The minimum absolute atomic E-state index is 0.109. The Kier molecular flexibility index (Phi) is 2.04. The lowest BCUT2D eigenvalue weighted by molar-refractivity contribution is 0.580. The van der Waals surface area contributed by atoms with Crippen LogP contribution in [-0.2, 0) is 14.1 Å². The molecular formula is C15H12N4O2. The van der Waals surface area contributed by atoms with Crippen LogP contribution in [0.3, 0.4) is 0 Å². The summed E-state index contributed by atoms with van der Waals surface area (Å²) in [5.41, 5.74) is 6.27. The topological polar surface area (TPSA) is 82.9 Å². The van der Waals surface area contributed by atoms with Gasteiger partial charge >= 0.3 is 0 Å². The fourth-order valence-corrected chi connectivity index (χ4v) is 3.02. The van der Waals surface area contributed by atoms with Gasteiger partial charge in [-0.15, -0.1) is 0 Å². The molecule has 0 aliphatic carbocycles. The zero-order chi connectivity index (χ0) is 14.9. The number of aryl methyl sites for hydroxylation is 1. The molecule has 2 heterocycles. The lowest BCUT2D eigenvalue weighted by Gasteiger charge is -2.16. The first kappa shape index (κ1) is 11.9. The van der Waals surface area contributed by atoms with Crippen LogP contribution in [0.5, 0.6) is 0 Å². The van der Waals surface area contributed by atoms with Crippen molar-refractivity contribution >= 4 is 38.3 Å². The van der Waals surface area contributed by atoms with Crippen molar-refractivity contribution in [1.29, 1.82) is 0 Å². The highest BCUT2D eigenvalue weighted by molar-refractivity contribution is 6.23. The van der Waals surface area contributed by atoms with Crippen molar-refractivity contribution in [2.75, 3.05) is 5.73 Å². The molecule has 104 valence electrons. The third-order valence-corrected chi connectivity index (χ3v) is 4.19. The molecule has 6 nitrogen and oxygen atoms in total. The average molecular weight is 280 g/mol. The molecule has 6 heteroatoms. The van der Waals surface area contributed by atoms with E-state index in [4.69, 9.17) is 5.73 Å². The molecule has 4 rings (SSSR count). The number of nitrogens with zero attached hydrogens (tertiary/aromatic N) is 3. The van der Waals surface area contributed by atoms with Crippen LogP contribution in [-0.4, -0.2) is 14.3 Å². The van der Waals surface area contributed by atoms with E-state index in [0.717, 1.165) is 16.3 Å². The van der Waals surface area contributed by atoms with Crippen LogP contribution in [0, 0.1) is 0 Å². The molecule has 0 amide bonds. The van der Waals surface area contributed by atoms with Crippen molar-refractivity contribution < 1.29 is 0 Å². The Bertz CT molecular complexity index is 1150. The highest BCUT2D eigenvalue weighted by Gasteiger charge is 2.17. The molecule has 0 saturated carbocycles. The van der Waals surface area contributed by atoms with Crippen LogP contribution < -0.4 is 16.9 Å². The summed E-state index contributed by atoms with van der Waals surface area (Å²) in [6.45, 7) is 0. The molecule has 21 heavy (non-hydrogen) atoms. The van der Waals surface area contributed by atoms with E-state index in [1.165, 1.54) is 0 Å². The Labute approximate surface area is 118 Å². The van der Waals surface area contributed by atoms with E-state index in [1.54, 1.807) is 34.6 Å². The number of pyridine rings is 1. The molecule has 0 aliphatic rings. The van der Waals surface area contributed by atoms with Gasteiger partial charge in [0.15, 0.2) is 0 Å². The van der Waals surface area contributed by atoms with Crippen molar-refractivity contribution in [2.45, 2.75) is 0 Å². The molecule has 4 aromatic rings. The van der Waals surface area contributed by atoms with Crippen molar-refractivity contribution in [2.24, 2.45) is 14.1 Å². The Hall–Kier alpha value is -2.89. The Balaban J connectivity index is 2.54. The van der Waals surface area contributed by atoms with Gasteiger partial charge < -0.3 is 5.73 Å². The number of hydrogen-bond donors (Lipinski definition) is 1. The summed E-state index contributed by atoms with van der Waals surface area (Å²) < 4.78 is 3.31. The molecule has 0 fully saturated rings. The Morgan fingerprint density at radius 2 is 1.57 bits per heavy atom. The van der Waals surface area contributed by atoms with Crippen LogP contribution in [0.2, 0.25) is 0 Å². The fourth-order valence-electron chi connectivity index (χ4n) is 3.02. The second-order valence-corrected chi connectivity index (χ2v) is 5.20. The Morgan fingerprint density at radius 1 is 0.905 bits per heavy atom. The van der Waals surface area contributed by atoms with Gasteiger partial charge in [0.25, 0.3) is 11.1 Å². The van der Waals surface area contributed by atoms with E-state index in [1.807, 2.05) is 13.1 Å². The van der Waals surface area contributed by atoms with Gasteiger partial charge in [0.2, 0.25) is 0 Å². The predicted molar refractivity (Wildman–Crippen MR) is 82.8 cm³/mol. The monoisotopic (exact) mass is 280 g/mol. The lowest BCUT2D eigenvalue weighted by Crippen LogP contribution is -2.26. The second-order valence-electron chi connectivity index (χ2n) is 5.20. The molecule has 2 N–H and O–H groups in total. The molecule has 0 radical (unpaired) electrons. The van der Waals surface area contributed by atoms with Crippen LogP contribution in [0.25, 0.3) is 32.4 Å². The maximum atomic E-state index is 12.4. The molecule has 0 saturated heterocycles. The van der Waals surface area contributed by atoms with E-state index < -0.39 is 0 Å². The van der Waals surface area contributed by atoms with Crippen molar-refractivity contribution in [3.63, 3.8) is 0 Å². The van der Waals surface area contributed by atoms with E-state index in [9.17, 15) is 9.59 Å². The molecule has 0 bridgehead atoms. The predicted octanol–water partition coefficient (Wildman–Crippen LogP) is 0.959. The maximum absolute atomic E-state index is 12.4. The normalized spacial score (nSPS) is 11.9. The van der Waals surface area contributed by atoms with Gasteiger partial charge in [-0.25, -0.2) is 0 Å². The van der Waals surface area contributed by atoms with E-state index >= 15 is 0 Å². The largest absolute Gasteiger partial charge is 0.383 e. The number of benzene rings is 2. The smallest absolute Gasteiger partial charge is 0.279 e. The van der Waals surface area contributed by atoms with Gasteiger partial charge in [-0.05, 0) is 24.3 Å². The Morgan fingerprint density at radius 3 is 2.33 bits per heavy atom. The second kappa shape index (κ2) is 3.60. The molecule has 0 unspecified atom stereocenters. The lowest BCUT2D eigenvalue weighted by atomic mass is 9.98. The number of hydrogen-bond acceptors (Lipinski definition) is 4. The van der Waals surface area contributed by atoms with E-state index in [-0.39, 0.29) is 16.9 Å². The summed E-state index contributed by atoms with van der Waals surface area (Å²) >= 11 is 0. The summed E-state index contributed by atoms with van der Waals surface area (Å²) in [6, 6.07) is 7.08. The van der Waals surface area contributed by atoms with Crippen LogP contribution in [0.1, 0.15) is 0 Å². The zero-order valence-electron chi connectivity index (χ0n) is 11.5. The van der Waals surface area contributed by atoms with Gasteiger partial charge in [-0.3, -0.25) is 19.0 Å². The minimum Gasteiger partial charge on any atom is -0.383 e. The summed E-state index contributed by atoms with van der Waals surface area (Å²) in [5.74, 6) is 0.199. The molecule has 2 aromatic heterocycles. The van der Waals surface area contributed by atoms with Crippen molar-refractivity contribution in [3.05, 3.63) is 45.0 Å². The first-order valence-corrected chi connectivity index (χ1v) is 6.51. The van der Waals surface area contributed by atoms with Crippen LogP contribution >= 0.6 is 0 Å². The number of aromatic nitrogens is 3. The van der Waals surface area contributed by atoms with Gasteiger partial charge in [-0.2, -0.15) is 4.98 Å². The third kappa shape index (κ3) is 1.29. The molecule has 0 atom stereocenters. The maximum Gasteiger partial charge on any atom is 0.279 e. The molecule has 0 aliphatic heterocycles. The van der Waals surface area contributed by atoms with Gasteiger partial charge in [-0.1, -0.05) is 0 Å². The standard InChI is InChI=1S/C15H12N4O2/c1-18-10-6-5-8-11-7(13(16)17-14(8)20)3-4-9(12(10)11)15(21)19(18)2/h3-6H,1-2H3,(H2,16,17,20). The van der Waals surface area contributed by atoms with E-state index in [2.05, 4.69) is 4.98 Å². The van der Waals surface area contributed by atoms with E-state index in [0.29, 0.717) is 16.2 Å². The van der Waals surface area contributed by atoms with Crippen molar-refractivity contribution in [1.82, 2.24) is 14.3 Å². The molecular weight excluding hydrogens is 268 g/mol. The highest BCUT2D eigenvalue weighted by atomic mass is 16.1. The highest BCUT2D eigenvalue weighted by Crippen LogP contribution is 2.32. The number of nitrogen functional groups attached to an aromatic ring is 1. The number of nitrogens with two attached hydrogens (primary N) is 1. The van der Waals surface area contributed by atoms with Crippen LogP contribution in [0.4, 0.5) is 5.82 Å². The quantitative estimate of drug-likeness (QED) is 0.486. The number of rotatable bonds is 0. The first-order valence-electron chi connectivity index (χ1n) is 6.51. The van der Waals surface area contributed by atoms with Crippen LogP contribution in [0.15, 0.2) is 33.9 Å².